The predicted molar refractivity (Wildman–Crippen MR) is 102 cm³/mol. The van der Waals surface area contributed by atoms with E-state index < -0.39 is 6.29 Å². The Balaban J connectivity index is 2.54. The number of pyridine rings is 2. The van der Waals surface area contributed by atoms with E-state index in [1.54, 1.807) is 33.7 Å². The smallest absolute Gasteiger partial charge is 0.199 e. The molecular weight excluding hydrogens is 358 g/mol. The molecule has 0 atom stereocenters. The third-order valence-electron chi connectivity index (χ3n) is 4.05. The molecule has 8 heteroatoms. The third kappa shape index (κ3) is 3.09. The highest BCUT2D eigenvalue weighted by molar-refractivity contribution is 6.33. The number of halogens is 1. The summed E-state index contributed by atoms with van der Waals surface area (Å²) in [5.41, 5.74) is 0.521. The maximum absolute atomic E-state index is 13.0. The monoisotopic (exact) mass is 377 g/mol. The van der Waals surface area contributed by atoms with Gasteiger partial charge in [0.25, 0.3) is 0 Å². The van der Waals surface area contributed by atoms with E-state index in [1.165, 1.54) is 0 Å². The first-order valence-corrected chi connectivity index (χ1v) is 8.55. The van der Waals surface area contributed by atoms with Gasteiger partial charge in [-0.2, -0.15) is 0 Å². The van der Waals surface area contributed by atoms with Crippen LogP contribution in [0, 0.1) is 0 Å². The van der Waals surface area contributed by atoms with Gasteiger partial charge < -0.3 is 24.4 Å². The average Bonchev–Trinajstić information content (AvgIpc) is 2.59. The van der Waals surface area contributed by atoms with Gasteiger partial charge in [0.15, 0.2) is 17.5 Å². The lowest BCUT2D eigenvalue weighted by Gasteiger charge is -2.20. The normalized spacial score (nSPS) is 11.5. The van der Waals surface area contributed by atoms with Crippen molar-refractivity contribution in [3.8, 4) is 5.75 Å². The fraction of sp³-hybridized carbons (Fsp3) is 0.333. The molecule has 26 heavy (non-hydrogen) atoms. The van der Waals surface area contributed by atoms with Crippen LogP contribution in [0.5, 0.6) is 5.75 Å². The van der Waals surface area contributed by atoms with Gasteiger partial charge in [-0.1, -0.05) is 11.6 Å². The zero-order valence-electron chi connectivity index (χ0n) is 14.7. The van der Waals surface area contributed by atoms with Gasteiger partial charge in [0.05, 0.1) is 34.5 Å². The summed E-state index contributed by atoms with van der Waals surface area (Å²) in [4.78, 5) is 19.3. The number of aliphatic hydroxyl groups excluding tert-OH is 1. The molecule has 3 aromatic rings. The molecule has 0 fully saturated rings. The van der Waals surface area contributed by atoms with Crippen molar-refractivity contribution in [2.45, 2.75) is 19.8 Å². The highest BCUT2D eigenvalue weighted by Gasteiger charge is 2.20. The number of rotatable bonds is 5. The highest BCUT2D eigenvalue weighted by Crippen LogP contribution is 2.34. The van der Waals surface area contributed by atoms with Gasteiger partial charge in [0.2, 0.25) is 0 Å². The van der Waals surface area contributed by atoms with Gasteiger partial charge in [-0.3, -0.25) is 4.79 Å². The number of aliphatic hydroxyl groups is 2. The van der Waals surface area contributed by atoms with Crippen LogP contribution in [0.15, 0.2) is 29.1 Å². The van der Waals surface area contributed by atoms with Gasteiger partial charge >= 0.3 is 0 Å². The van der Waals surface area contributed by atoms with E-state index in [0.29, 0.717) is 45.1 Å². The number of hydrogen-bond donors (Lipinski definition) is 2. The molecule has 2 N–H and O–H groups in total. The van der Waals surface area contributed by atoms with Crippen LogP contribution in [0.2, 0.25) is 5.02 Å². The number of ether oxygens (including phenoxy) is 1. The third-order valence-corrected chi connectivity index (χ3v) is 4.35. The average molecular weight is 378 g/mol. The Morgan fingerprint density at radius 2 is 1.92 bits per heavy atom. The maximum Gasteiger partial charge on any atom is 0.199 e. The van der Waals surface area contributed by atoms with Crippen molar-refractivity contribution < 1.29 is 14.9 Å². The molecule has 0 radical (unpaired) electrons. The largest absolute Gasteiger partial charge is 0.490 e. The Labute approximate surface area is 155 Å². The minimum atomic E-state index is -1.64. The first kappa shape index (κ1) is 18.4. The van der Waals surface area contributed by atoms with Gasteiger partial charge in [-0.05, 0) is 31.2 Å². The van der Waals surface area contributed by atoms with Gasteiger partial charge in [-0.25, -0.2) is 4.98 Å². The molecule has 2 heterocycles. The van der Waals surface area contributed by atoms with Gasteiger partial charge in [0.1, 0.15) is 11.5 Å². The summed E-state index contributed by atoms with van der Waals surface area (Å²) in [7, 11) is 3.67. The van der Waals surface area contributed by atoms with E-state index in [2.05, 4.69) is 4.98 Å². The Bertz CT molecular complexity index is 1030. The van der Waals surface area contributed by atoms with E-state index in [1.807, 2.05) is 21.0 Å². The quantitative estimate of drug-likeness (QED) is 0.522. The minimum absolute atomic E-state index is 0.183. The van der Waals surface area contributed by atoms with E-state index in [-0.39, 0.29) is 12.0 Å². The van der Waals surface area contributed by atoms with Crippen LogP contribution in [0.4, 0.5) is 5.82 Å². The fourth-order valence-electron chi connectivity index (χ4n) is 2.94. The topological polar surface area (TPSA) is 87.8 Å². The number of fused-ring (bicyclic) bond motifs is 2. The lowest BCUT2D eigenvalue weighted by Crippen LogP contribution is -2.21. The second kappa shape index (κ2) is 7.11. The van der Waals surface area contributed by atoms with Crippen LogP contribution < -0.4 is 15.1 Å². The summed E-state index contributed by atoms with van der Waals surface area (Å²) >= 11 is 6.28. The first-order chi connectivity index (χ1) is 12.3. The lowest BCUT2D eigenvalue weighted by molar-refractivity contribution is -0.0499. The van der Waals surface area contributed by atoms with Crippen molar-refractivity contribution in [2.24, 2.45) is 0 Å². The standard InChI is InChI=1S/C18H20ClN3O4/c1-4-26-17-12(19)7-5-10-15(17)22(9-14(23)24)18-11(16(10)25)6-8-13(20-18)21(2)3/h5-8,14,23-24H,4,9H2,1-3H3. The van der Waals surface area contributed by atoms with Crippen molar-refractivity contribution in [1.29, 1.82) is 0 Å². The van der Waals surface area contributed by atoms with Crippen LogP contribution in [-0.4, -0.2) is 46.8 Å². The van der Waals surface area contributed by atoms with E-state index in [4.69, 9.17) is 16.3 Å². The van der Waals surface area contributed by atoms with Gasteiger partial charge in [-0.15, -0.1) is 0 Å². The summed E-state index contributed by atoms with van der Waals surface area (Å²) in [5, 5.41) is 20.3. The lowest BCUT2D eigenvalue weighted by atomic mass is 10.1. The summed E-state index contributed by atoms with van der Waals surface area (Å²) in [6.07, 6.45) is -1.64. The minimum Gasteiger partial charge on any atom is -0.490 e. The second-order valence-corrected chi connectivity index (χ2v) is 6.47. The zero-order chi connectivity index (χ0) is 19.0. The van der Waals surface area contributed by atoms with Gasteiger partial charge in [0, 0.05) is 14.1 Å². The molecule has 0 unspecified atom stereocenters. The molecule has 0 saturated carbocycles. The molecule has 0 aliphatic heterocycles. The Kier molecular flexibility index (Phi) is 5.04. The molecule has 7 nitrogen and oxygen atoms in total. The maximum atomic E-state index is 13.0. The van der Waals surface area contributed by atoms with Crippen molar-refractivity contribution in [3.63, 3.8) is 0 Å². The molecule has 138 valence electrons. The molecule has 0 saturated heterocycles. The van der Waals surface area contributed by atoms with Crippen LogP contribution in [0.1, 0.15) is 6.92 Å². The van der Waals surface area contributed by atoms with Crippen molar-refractivity contribution in [2.75, 3.05) is 25.6 Å². The Hall–Kier alpha value is -2.35. The van der Waals surface area contributed by atoms with Crippen molar-refractivity contribution >= 4 is 39.4 Å². The van der Waals surface area contributed by atoms with E-state index >= 15 is 0 Å². The molecule has 3 rings (SSSR count). The highest BCUT2D eigenvalue weighted by atomic mass is 35.5. The number of hydrogen-bond acceptors (Lipinski definition) is 6. The molecule has 0 spiro atoms. The molecule has 0 aliphatic carbocycles. The summed E-state index contributed by atoms with van der Waals surface area (Å²) < 4.78 is 7.23. The summed E-state index contributed by atoms with van der Waals surface area (Å²) in [6.45, 7) is 1.97. The van der Waals surface area contributed by atoms with E-state index in [9.17, 15) is 15.0 Å². The first-order valence-electron chi connectivity index (χ1n) is 8.17. The molecular formula is C18H20ClN3O4. The molecule has 0 amide bonds. The summed E-state index contributed by atoms with van der Waals surface area (Å²) in [5.74, 6) is 0.959. The number of aromatic nitrogens is 2. The second-order valence-electron chi connectivity index (χ2n) is 6.06. The fourth-order valence-corrected chi connectivity index (χ4v) is 3.15. The number of anilines is 1. The molecule has 0 aliphatic rings. The molecule has 2 aromatic heterocycles. The number of nitrogens with zero attached hydrogens (tertiary/aromatic N) is 3. The molecule has 1 aromatic carbocycles. The van der Waals surface area contributed by atoms with Crippen LogP contribution in [-0.2, 0) is 6.54 Å². The van der Waals surface area contributed by atoms with Crippen molar-refractivity contribution in [3.05, 3.63) is 39.5 Å². The van der Waals surface area contributed by atoms with Crippen LogP contribution >= 0.6 is 11.6 Å². The zero-order valence-corrected chi connectivity index (χ0v) is 15.5. The molecule has 0 bridgehead atoms. The Morgan fingerprint density at radius 1 is 1.23 bits per heavy atom. The number of benzene rings is 1. The van der Waals surface area contributed by atoms with Crippen LogP contribution in [0.25, 0.3) is 21.9 Å². The van der Waals surface area contributed by atoms with Crippen LogP contribution in [0.3, 0.4) is 0 Å². The predicted octanol–water partition coefficient (Wildman–Crippen LogP) is 1.98. The SMILES string of the molecule is CCOc1c(Cl)ccc2c(=O)c3ccc(N(C)C)nc3n(CC(O)O)c12. The van der Waals surface area contributed by atoms with Crippen molar-refractivity contribution in [1.82, 2.24) is 9.55 Å². The summed E-state index contributed by atoms with van der Waals surface area (Å²) in [6, 6.07) is 6.65. The Morgan fingerprint density at radius 3 is 2.54 bits per heavy atom. The van der Waals surface area contributed by atoms with E-state index in [0.717, 1.165) is 0 Å².